The molecule has 0 radical (unpaired) electrons. The summed E-state index contributed by atoms with van der Waals surface area (Å²) >= 11 is 0. The summed E-state index contributed by atoms with van der Waals surface area (Å²) in [5.41, 5.74) is -1.06. The minimum absolute atomic E-state index is 0.0914. The molecule has 15 N–H and O–H groups in total. The Morgan fingerprint density at radius 2 is 1.15 bits per heavy atom. The van der Waals surface area contributed by atoms with Crippen molar-refractivity contribution in [2.75, 3.05) is 33.0 Å². The standard InChI is InChI=1S/C59H96O27/c1-23(2)15-25-16-57(8,74)48-26-9-10-32-55(6)13-12-33(54(4,5)31(55)11-14-56(32,7)58(26)21-59(48,86-25)77-22-58)82-52-47(85-50-43(72)38(67)34(63)24(3)78-50)45(27(62)19-75-52)83-53-46(84-51-44(73)40(69)36(65)29(18-61)80-51)41(70)37(66)30(81-53)20-76-49-42(71)39(68)35(64)28(17-60)79-49/h15,24-53,60-74H,9-14,16-22H2,1-8H3/t24-,25+,26?,27-,28+,29+,30+,31-,32+,33-,34-,35+,36+,37+,38+,39-,40-,41-,42+,43+,44+,45-,46+,47+,48?,49+,50-,51-,52-,53-,55-,56+,57-,58-,59-/m0/s1. The molecule has 0 aromatic carbocycles. The fourth-order valence-corrected chi connectivity index (χ4v) is 18.6. The Balaban J connectivity index is 0.877. The van der Waals surface area contributed by atoms with E-state index in [4.69, 9.17) is 56.8 Å². The lowest BCUT2D eigenvalue weighted by Gasteiger charge is -2.70. The molecule has 4 aliphatic carbocycles. The van der Waals surface area contributed by atoms with Gasteiger partial charge in [0.1, 0.15) is 110 Å². The summed E-state index contributed by atoms with van der Waals surface area (Å²) in [5, 5.41) is 165. The first-order chi connectivity index (χ1) is 40.4. The zero-order chi connectivity index (χ0) is 62.3. The van der Waals surface area contributed by atoms with Gasteiger partial charge in [-0.05, 0) is 100 Å². The highest BCUT2D eigenvalue weighted by Gasteiger charge is 2.81. The molecule has 35 atom stereocenters. The molecule has 2 unspecified atom stereocenters. The molecule has 7 heterocycles. The zero-order valence-electron chi connectivity index (χ0n) is 50.2. The summed E-state index contributed by atoms with van der Waals surface area (Å²) in [6, 6.07) is 0. The Hall–Kier alpha value is -1.34. The highest BCUT2D eigenvalue weighted by molar-refractivity contribution is 5.27. The Kier molecular flexibility index (Phi) is 18.6. The van der Waals surface area contributed by atoms with Crippen molar-refractivity contribution in [3.05, 3.63) is 11.6 Å². The van der Waals surface area contributed by atoms with Gasteiger partial charge >= 0.3 is 0 Å². The fraction of sp³-hybridized carbons (Fsp3) is 0.966. The van der Waals surface area contributed by atoms with Crippen LogP contribution in [0.2, 0.25) is 0 Å². The van der Waals surface area contributed by atoms with Gasteiger partial charge in [-0.2, -0.15) is 0 Å². The molecule has 11 fully saturated rings. The minimum atomic E-state index is -2.11. The van der Waals surface area contributed by atoms with E-state index in [1.807, 2.05) is 20.8 Å². The van der Waals surface area contributed by atoms with Gasteiger partial charge in [0.05, 0.1) is 56.9 Å². The van der Waals surface area contributed by atoms with Crippen LogP contribution < -0.4 is 0 Å². The van der Waals surface area contributed by atoms with Gasteiger partial charge in [-0.3, -0.25) is 0 Å². The molecule has 7 saturated heterocycles. The van der Waals surface area contributed by atoms with Crippen molar-refractivity contribution < 1.29 is 133 Å². The number of ether oxygens (including phenoxy) is 12. The maximum atomic E-state index is 12.4. The van der Waals surface area contributed by atoms with Gasteiger partial charge in [0.25, 0.3) is 0 Å². The van der Waals surface area contributed by atoms with E-state index in [1.54, 1.807) is 0 Å². The van der Waals surface area contributed by atoms with Gasteiger partial charge < -0.3 is 133 Å². The smallest absolute Gasteiger partial charge is 0.187 e. The van der Waals surface area contributed by atoms with Crippen LogP contribution in [0.25, 0.3) is 0 Å². The van der Waals surface area contributed by atoms with E-state index in [1.165, 1.54) is 6.92 Å². The van der Waals surface area contributed by atoms with Crippen LogP contribution in [0.3, 0.4) is 0 Å². The predicted octanol–water partition coefficient (Wildman–Crippen LogP) is -3.36. The van der Waals surface area contributed by atoms with Crippen LogP contribution in [0.15, 0.2) is 11.6 Å². The molecule has 27 heteroatoms. The molecule has 0 amide bonds. The molecule has 2 bridgehead atoms. The highest BCUT2D eigenvalue weighted by Crippen LogP contribution is 2.80. The van der Waals surface area contributed by atoms with E-state index in [0.717, 1.165) is 37.7 Å². The molecule has 494 valence electrons. The zero-order valence-corrected chi connectivity index (χ0v) is 50.2. The maximum Gasteiger partial charge on any atom is 0.187 e. The lowest BCUT2D eigenvalue weighted by Crippen LogP contribution is -2.68. The molecule has 0 aromatic heterocycles. The van der Waals surface area contributed by atoms with Crippen molar-refractivity contribution in [2.24, 2.45) is 45.3 Å². The summed E-state index contributed by atoms with van der Waals surface area (Å²) in [7, 11) is 0. The summed E-state index contributed by atoms with van der Waals surface area (Å²) in [6.07, 6.45) is -34.9. The fourth-order valence-electron chi connectivity index (χ4n) is 18.6. The summed E-state index contributed by atoms with van der Waals surface area (Å²) < 4.78 is 75.6. The molecular formula is C59H96O27. The van der Waals surface area contributed by atoms with Gasteiger partial charge in [-0.25, -0.2) is 0 Å². The van der Waals surface area contributed by atoms with Crippen LogP contribution in [-0.4, -0.2) is 281 Å². The minimum Gasteiger partial charge on any atom is -0.394 e. The number of allylic oxidation sites excluding steroid dienone is 1. The summed E-state index contributed by atoms with van der Waals surface area (Å²) in [6.45, 7) is 14.3. The number of fused-ring (bicyclic) bond motifs is 4. The number of rotatable bonds is 14. The van der Waals surface area contributed by atoms with Gasteiger partial charge in [-0.1, -0.05) is 39.3 Å². The van der Waals surface area contributed by atoms with E-state index in [2.05, 4.69) is 33.8 Å². The van der Waals surface area contributed by atoms with Gasteiger partial charge in [0.2, 0.25) is 0 Å². The summed E-state index contributed by atoms with van der Waals surface area (Å²) in [4.78, 5) is 0. The van der Waals surface area contributed by atoms with Crippen LogP contribution in [0.4, 0.5) is 0 Å². The van der Waals surface area contributed by atoms with Gasteiger partial charge in [0, 0.05) is 24.2 Å². The third-order valence-electron chi connectivity index (χ3n) is 22.9. The average Bonchev–Trinajstić information content (AvgIpc) is 1.45. The number of aliphatic hydroxyl groups is 15. The van der Waals surface area contributed by atoms with E-state index in [-0.39, 0.29) is 46.0 Å². The number of hydrogen-bond donors (Lipinski definition) is 15. The Bertz CT molecular complexity index is 2380. The van der Waals surface area contributed by atoms with Crippen molar-refractivity contribution in [3.8, 4) is 0 Å². The predicted molar refractivity (Wildman–Crippen MR) is 289 cm³/mol. The monoisotopic (exact) mass is 1240 g/mol. The Morgan fingerprint density at radius 1 is 0.570 bits per heavy atom. The van der Waals surface area contributed by atoms with Gasteiger partial charge in [0.15, 0.2) is 37.2 Å². The normalized spacial score (nSPS) is 56.9. The van der Waals surface area contributed by atoms with Crippen molar-refractivity contribution in [1.29, 1.82) is 0 Å². The van der Waals surface area contributed by atoms with E-state index < -0.39 is 197 Å². The molecule has 0 aromatic rings. The number of hydrogen-bond acceptors (Lipinski definition) is 27. The van der Waals surface area contributed by atoms with E-state index >= 15 is 0 Å². The van der Waals surface area contributed by atoms with Crippen molar-refractivity contribution in [3.63, 3.8) is 0 Å². The molecule has 27 nitrogen and oxygen atoms in total. The third kappa shape index (κ3) is 10.8. The maximum absolute atomic E-state index is 12.4. The quantitative estimate of drug-likeness (QED) is 0.0597. The lowest BCUT2D eigenvalue weighted by atomic mass is 9.35. The second-order valence-corrected chi connectivity index (χ2v) is 28.6. The van der Waals surface area contributed by atoms with Crippen molar-refractivity contribution >= 4 is 0 Å². The van der Waals surface area contributed by atoms with Crippen LogP contribution >= 0.6 is 0 Å². The van der Waals surface area contributed by atoms with Crippen LogP contribution in [0.5, 0.6) is 0 Å². The molecule has 11 aliphatic rings. The SMILES string of the molecule is CC(C)=C[C@@H]1C[C@](C)(O)C2C3CC[C@@H]4[C@@]5(C)CC[C@H](O[C@@H]6OC[C@H](O)[C@H](O[C@@H]7O[C@H](CO[C@@H]8O[C@H](CO)[C@@H](O)[C@H](O)[C@H]8O)[C@@H](O)[C@H](O)[C@H]7O[C@@H]7O[C@H](CO)[C@@H](O)[C@H](O)[C@H]7O)[C@H]6O[C@@H]6O[C@@H](C)[C@H](O)[C@@H](O)[C@H]6O)C(C)(C)[C@@H]5CC[C@@]4(C)[C@@]34CO[C@@]2(C4)O1. The molecular weight excluding hydrogens is 1140 g/mol. The number of aliphatic hydroxyl groups excluding tert-OH is 14. The van der Waals surface area contributed by atoms with Crippen LogP contribution in [0, 0.1) is 45.3 Å². The first-order valence-corrected chi connectivity index (χ1v) is 30.9. The molecule has 2 spiro atoms. The largest absolute Gasteiger partial charge is 0.394 e. The molecule has 86 heavy (non-hydrogen) atoms. The topological polar surface area (TPSA) is 414 Å². The molecule has 4 saturated carbocycles. The third-order valence-corrected chi connectivity index (χ3v) is 22.9. The van der Waals surface area contributed by atoms with Crippen LogP contribution in [0.1, 0.15) is 107 Å². The average molecular weight is 1240 g/mol. The van der Waals surface area contributed by atoms with E-state index in [9.17, 15) is 76.6 Å². The van der Waals surface area contributed by atoms with Crippen LogP contribution in [-0.2, 0) is 56.8 Å². The van der Waals surface area contributed by atoms with Crippen molar-refractivity contribution in [2.45, 2.75) is 278 Å². The first kappa shape index (κ1) is 66.1. The first-order valence-electron chi connectivity index (χ1n) is 30.9. The second-order valence-electron chi connectivity index (χ2n) is 28.6. The van der Waals surface area contributed by atoms with Crippen molar-refractivity contribution in [1.82, 2.24) is 0 Å². The highest BCUT2D eigenvalue weighted by atomic mass is 16.8. The molecule has 11 rings (SSSR count). The Labute approximate surface area is 499 Å². The lowest BCUT2D eigenvalue weighted by molar-refractivity contribution is -0.403. The van der Waals surface area contributed by atoms with E-state index in [0.29, 0.717) is 25.9 Å². The van der Waals surface area contributed by atoms with Gasteiger partial charge in [-0.15, -0.1) is 0 Å². The molecule has 7 aliphatic heterocycles. The Morgan fingerprint density at radius 3 is 1.80 bits per heavy atom. The summed E-state index contributed by atoms with van der Waals surface area (Å²) in [5.74, 6) is -0.503. The second kappa shape index (κ2) is 24.2.